The van der Waals surface area contributed by atoms with Gasteiger partial charge in [0.25, 0.3) is 0 Å². The van der Waals surface area contributed by atoms with Gasteiger partial charge in [-0.15, -0.1) is 0 Å². The molecule has 10 heteroatoms. The van der Waals surface area contributed by atoms with Gasteiger partial charge >= 0.3 is 12.3 Å². The molecule has 20 heavy (non-hydrogen) atoms. The largest absolute Gasteiger partial charge is 0.363 e. The van der Waals surface area contributed by atoms with Crippen molar-refractivity contribution in [2.24, 2.45) is 0 Å². The molecule has 0 aromatic carbocycles. The number of rotatable bonds is 8. The maximum atomic E-state index is 12.7. The van der Waals surface area contributed by atoms with Crippen LogP contribution in [0.25, 0.3) is 0 Å². The van der Waals surface area contributed by atoms with Crippen molar-refractivity contribution in [3.8, 4) is 0 Å². The second kappa shape index (κ2) is 6.55. The smallest absolute Gasteiger partial charge is 0.320 e. The lowest BCUT2D eigenvalue weighted by Crippen LogP contribution is -2.41. The molecule has 1 aromatic rings. The van der Waals surface area contributed by atoms with Gasteiger partial charge in [-0.3, -0.25) is 0 Å². The van der Waals surface area contributed by atoms with Crippen molar-refractivity contribution >= 4 is 10.0 Å². The summed E-state index contributed by atoms with van der Waals surface area (Å²) in [6.07, 6.45) is -2.82. The minimum Gasteiger partial charge on any atom is -0.363 e. The van der Waals surface area contributed by atoms with E-state index in [-0.39, 0.29) is 4.90 Å². The second-order valence-corrected chi connectivity index (χ2v) is 5.79. The number of sulfonamides is 1. The van der Waals surface area contributed by atoms with Gasteiger partial charge in [-0.1, -0.05) is 6.92 Å². The van der Waals surface area contributed by atoms with Crippen LogP contribution >= 0.6 is 0 Å². The maximum absolute atomic E-state index is 12.7. The van der Waals surface area contributed by atoms with E-state index in [9.17, 15) is 26.0 Å². The Bertz CT molecular complexity index is 530. The van der Waals surface area contributed by atoms with Crippen LogP contribution < -0.4 is 10.0 Å². The number of alkyl halides is 4. The normalized spacial score (nSPS) is 13.1. The van der Waals surface area contributed by atoms with E-state index in [1.165, 1.54) is 10.8 Å². The summed E-state index contributed by atoms with van der Waals surface area (Å²) in [5.41, 5.74) is 0.535. The molecule has 0 unspecified atom stereocenters. The molecule has 1 aromatic heterocycles. The highest BCUT2D eigenvalue weighted by Crippen LogP contribution is 2.22. The number of aromatic amines is 1. The predicted octanol–water partition coefficient (Wildman–Crippen LogP) is 1.30. The first-order valence-corrected chi connectivity index (χ1v) is 7.21. The van der Waals surface area contributed by atoms with Gasteiger partial charge in [0.15, 0.2) is 0 Å². The van der Waals surface area contributed by atoms with Crippen LogP contribution in [0.3, 0.4) is 0 Å². The molecule has 0 aliphatic heterocycles. The lowest BCUT2D eigenvalue weighted by Gasteiger charge is -2.15. The van der Waals surface area contributed by atoms with Gasteiger partial charge in [0.2, 0.25) is 10.0 Å². The summed E-state index contributed by atoms with van der Waals surface area (Å²) in [5.74, 6) is -4.41. The third-order valence-corrected chi connectivity index (χ3v) is 3.79. The number of aromatic nitrogens is 1. The van der Waals surface area contributed by atoms with Crippen molar-refractivity contribution in [3.63, 3.8) is 0 Å². The Hall–Kier alpha value is -1.13. The van der Waals surface area contributed by atoms with Crippen LogP contribution in [0, 0.1) is 0 Å². The fourth-order valence-corrected chi connectivity index (χ4v) is 2.35. The highest BCUT2D eigenvalue weighted by Gasteiger charge is 2.41. The first kappa shape index (κ1) is 16.9. The number of hydrogen-bond donors (Lipinski definition) is 3. The molecule has 5 nitrogen and oxygen atoms in total. The molecule has 116 valence electrons. The first-order chi connectivity index (χ1) is 9.19. The summed E-state index contributed by atoms with van der Waals surface area (Å²) in [7, 11) is -4.25. The Morgan fingerprint density at radius 2 is 2.05 bits per heavy atom. The van der Waals surface area contributed by atoms with E-state index in [0.29, 0.717) is 18.8 Å². The van der Waals surface area contributed by atoms with E-state index < -0.39 is 28.9 Å². The zero-order chi connectivity index (χ0) is 15.4. The van der Waals surface area contributed by atoms with Crippen LogP contribution in [0.5, 0.6) is 0 Å². The molecule has 0 fully saturated rings. The molecule has 0 atom stereocenters. The zero-order valence-corrected chi connectivity index (χ0v) is 11.4. The van der Waals surface area contributed by atoms with Gasteiger partial charge in [-0.25, -0.2) is 21.9 Å². The van der Waals surface area contributed by atoms with Crippen LogP contribution in [0.4, 0.5) is 17.6 Å². The number of halogens is 4. The second-order valence-electron chi connectivity index (χ2n) is 4.03. The minimum absolute atomic E-state index is 0.282. The molecule has 0 spiro atoms. The van der Waals surface area contributed by atoms with Gasteiger partial charge in [0, 0.05) is 18.4 Å². The van der Waals surface area contributed by atoms with Crippen molar-refractivity contribution < 1.29 is 26.0 Å². The molecule has 0 radical (unpaired) electrons. The molecule has 1 heterocycles. The Labute approximate surface area is 113 Å². The van der Waals surface area contributed by atoms with E-state index in [1.807, 2.05) is 6.92 Å². The van der Waals surface area contributed by atoms with E-state index >= 15 is 0 Å². The zero-order valence-electron chi connectivity index (χ0n) is 10.6. The fourth-order valence-electron chi connectivity index (χ4n) is 1.29. The van der Waals surface area contributed by atoms with Crippen LogP contribution in [-0.2, 0) is 16.6 Å². The standard InChI is InChI=1S/C10H15F4N3O2S/c1-2-15-4-7-3-8(5-16-7)20(18,19)17-6-10(13,14)9(11)12/h3,5,9,15-17H,2,4,6H2,1H3. The molecule has 0 amide bonds. The maximum Gasteiger partial charge on any atom is 0.320 e. The van der Waals surface area contributed by atoms with Crippen molar-refractivity contribution in [1.29, 1.82) is 0 Å². The molecular formula is C10H15F4N3O2S. The molecular weight excluding hydrogens is 302 g/mol. The average molecular weight is 317 g/mol. The summed E-state index contributed by atoms with van der Waals surface area (Å²) in [6.45, 7) is 1.24. The summed E-state index contributed by atoms with van der Waals surface area (Å²) in [4.78, 5) is 2.37. The monoisotopic (exact) mass is 317 g/mol. The molecule has 3 N–H and O–H groups in total. The molecule has 0 saturated heterocycles. The van der Waals surface area contributed by atoms with Gasteiger partial charge in [0.05, 0.1) is 11.4 Å². The SMILES string of the molecule is CCNCc1cc(S(=O)(=O)NCC(F)(F)C(F)F)c[nH]1. The van der Waals surface area contributed by atoms with E-state index in [0.717, 1.165) is 6.20 Å². The Kier molecular flexibility index (Phi) is 5.54. The van der Waals surface area contributed by atoms with Crippen LogP contribution in [-0.4, -0.2) is 38.8 Å². The van der Waals surface area contributed by atoms with Crippen LogP contribution in [0.2, 0.25) is 0 Å². The number of hydrogen-bond acceptors (Lipinski definition) is 3. The van der Waals surface area contributed by atoms with Gasteiger partial charge in [0.1, 0.15) is 0 Å². The van der Waals surface area contributed by atoms with Crippen molar-refractivity contribution in [1.82, 2.24) is 15.0 Å². The van der Waals surface area contributed by atoms with Crippen LogP contribution in [0.15, 0.2) is 17.2 Å². The predicted molar refractivity (Wildman–Crippen MR) is 64.3 cm³/mol. The van der Waals surface area contributed by atoms with Gasteiger partial charge < -0.3 is 10.3 Å². The topological polar surface area (TPSA) is 74.0 Å². The molecule has 0 bridgehead atoms. The van der Waals surface area contributed by atoms with E-state index in [1.54, 1.807) is 0 Å². The summed E-state index contributed by atoms with van der Waals surface area (Å²) < 4.78 is 74.0. The Morgan fingerprint density at radius 3 is 2.60 bits per heavy atom. The quantitative estimate of drug-likeness (QED) is 0.633. The summed E-state index contributed by atoms with van der Waals surface area (Å²) >= 11 is 0. The Balaban J connectivity index is 2.72. The third kappa shape index (κ3) is 4.46. The Morgan fingerprint density at radius 1 is 1.40 bits per heavy atom. The summed E-state index contributed by atoms with van der Waals surface area (Å²) in [5, 5.41) is 2.93. The van der Waals surface area contributed by atoms with Crippen molar-refractivity contribution in [2.45, 2.75) is 30.7 Å². The highest BCUT2D eigenvalue weighted by molar-refractivity contribution is 7.89. The number of nitrogens with one attached hydrogen (secondary N) is 3. The fraction of sp³-hybridized carbons (Fsp3) is 0.600. The molecule has 0 saturated carbocycles. The highest BCUT2D eigenvalue weighted by atomic mass is 32.2. The van der Waals surface area contributed by atoms with E-state index in [4.69, 9.17) is 0 Å². The lowest BCUT2D eigenvalue weighted by molar-refractivity contribution is -0.122. The third-order valence-electron chi connectivity index (χ3n) is 2.41. The van der Waals surface area contributed by atoms with Gasteiger partial charge in [-0.2, -0.15) is 8.78 Å². The lowest BCUT2D eigenvalue weighted by atomic mass is 10.4. The van der Waals surface area contributed by atoms with Crippen molar-refractivity contribution in [2.75, 3.05) is 13.1 Å². The average Bonchev–Trinajstić information content (AvgIpc) is 2.83. The summed E-state index contributed by atoms with van der Waals surface area (Å²) in [6, 6.07) is 1.24. The van der Waals surface area contributed by atoms with Crippen LogP contribution in [0.1, 0.15) is 12.6 Å². The van der Waals surface area contributed by atoms with E-state index in [2.05, 4.69) is 10.3 Å². The van der Waals surface area contributed by atoms with Gasteiger partial charge in [-0.05, 0) is 12.6 Å². The number of H-pyrrole nitrogens is 1. The molecule has 0 aliphatic rings. The first-order valence-electron chi connectivity index (χ1n) is 5.72. The molecule has 1 rings (SSSR count). The van der Waals surface area contributed by atoms with Crippen molar-refractivity contribution in [3.05, 3.63) is 18.0 Å². The minimum atomic E-state index is -4.41. The molecule has 0 aliphatic carbocycles.